The second-order valence-corrected chi connectivity index (χ2v) is 6.32. The molecule has 4 nitrogen and oxygen atoms in total. The van der Waals surface area contributed by atoms with E-state index >= 15 is 0 Å². The van der Waals surface area contributed by atoms with Crippen molar-refractivity contribution in [2.75, 3.05) is 45.4 Å². The van der Waals surface area contributed by atoms with E-state index in [1.54, 1.807) is 14.2 Å². The highest BCUT2D eigenvalue weighted by atomic mass is 79.9. The molecule has 0 heterocycles. The third-order valence-corrected chi connectivity index (χ3v) is 4.17. The fourth-order valence-corrected chi connectivity index (χ4v) is 2.63. The fraction of sp³-hybridized carbons (Fsp3) is 0.625. The smallest absolute Gasteiger partial charge is 0.0637 e. The van der Waals surface area contributed by atoms with Gasteiger partial charge in [0.1, 0.15) is 0 Å². The first-order valence-electron chi connectivity index (χ1n) is 7.49. The number of anilines is 1. The van der Waals surface area contributed by atoms with E-state index in [1.165, 1.54) is 24.1 Å². The number of ether oxygens (including phenoxy) is 2. The molecule has 0 bridgehead atoms. The molecular formula is C16H25BrN2O2. The average molecular weight is 357 g/mol. The van der Waals surface area contributed by atoms with Gasteiger partial charge >= 0.3 is 0 Å². The van der Waals surface area contributed by atoms with Crippen molar-refractivity contribution >= 4 is 21.6 Å². The van der Waals surface area contributed by atoms with E-state index in [2.05, 4.69) is 44.3 Å². The molecule has 1 fully saturated rings. The van der Waals surface area contributed by atoms with Crippen molar-refractivity contribution in [2.24, 2.45) is 0 Å². The number of halogens is 1. The van der Waals surface area contributed by atoms with Crippen molar-refractivity contribution < 1.29 is 9.47 Å². The van der Waals surface area contributed by atoms with Gasteiger partial charge in [-0.1, -0.05) is 22.0 Å². The van der Waals surface area contributed by atoms with Crippen LogP contribution in [-0.2, 0) is 16.0 Å². The Morgan fingerprint density at radius 1 is 1.19 bits per heavy atom. The highest BCUT2D eigenvalue weighted by molar-refractivity contribution is 9.10. The van der Waals surface area contributed by atoms with E-state index in [-0.39, 0.29) is 0 Å². The van der Waals surface area contributed by atoms with Gasteiger partial charge in [-0.05, 0) is 30.5 Å². The number of hydrogen-bond acceptors (Lipinski definition) is 4. The molecule has 0 aromatic heterocycles. The maximum Gasteiger partial charge on any atom is 0.0637 e. The second kappa shape index (κ2) is 8.73. The van der Waals surface area contributed by atoms with Crippen molar-refractivity contribution in [2.45, 2.75) is 25.4 Å². The minimum Gasteiger partial charge on any atom is -0.383 e. The molecule has 1 aliphatic carbocycles. The standard InChI is InChI=1S/C16H25BrN2O2/c1-20-9-7-19(8-10-21-2)16-11-14(17)4-3-13(16)12-18-15-5-6-15/h3-4,11,15,18H,5-10,12H2,1-2H3. The van der Waals surface area contributed by atoms with Crippen molar-refractivity contribution in [1.82, 2.24) is 5.32 Å². The summed E-state index contributed by atoms with van der Waals surface area (Å²) >= 11 is 3.58. The van der Waals surface area contributed by atoms with Gasteiger partial charge in [-0.2, -0.15) is 0 Å². The molecule has 1 N–H and O–H groups in total. The molecule has 1 saturated carbocycles. The molecule has 118 valence electrons. The molecule has 0 atom stereocenters. The summed E-state index contributed by atoms with van der Waals surface area (Å²) in [4.78, 5) is 2.33. The van der Waals surface area contributed by atoms with Gasteiger partial charge in [-0.15, -0.1) is 0 Å². The Hall–Kier alpha value is -0.620. The molecule has 1 aromatic carbocycles. The van der Waals surface area contributed by atoms with Crippen LogP contribution in [0.15, 0.2) is 22.7 Å². The van der Waals surface area contributed by atoms with E-state index < -0.39 is 0 Å². The van der Waals surface area contributed by atoms with Crippen LogP contribution in [0.1, 0.15) is 18.4 Å². The molecule has 0 radical (unpaired) electrons. The summed E-state index contributed by atoms with van der Waals surface area (Å²) in [6.07, 6.45) is 2.62. The summed E-state index contributed by atoms with van der Waals surface area (Å²) in [7, 11) is 3.48. The first-order valence-corrected chi connectivity index (χ1v) is 8.28. The van der Waals surface area contributed by atoms with Gasteiger partial charge in [0.15, 0.2) is 0 Å². The van der Waals surface area contributed by atoms with Crippen LogP contribution in [0.3, 0.4) is 0 Å². The Labute approximate surface area is 135 Å². The quantitative estimate of drug-likeness (QED) is 0.698. The number of benzene rings is 1. The highest BCUT2D eigenvalue weighted by Crippen LogP contribution is 2.27. The van der Waals surface area contributed by atoms with Crippen molar-refractivity contribution in [3.8, 4) is 0 Å². The topological polar surface area (TPSA) is 33.7 Å². The minimum absolute atomic E-state index is 0.714. The summed E-state index contributed by atoms with van der Waals surface area (Å²) in [6, 6.07) is 7.21. The van der Waals surface area contributed by atoms with E-state index in [9.17, 15) is 0 Å². The Bertz CT molecular complexity index is 430. The van der Waals surface area contributed by atoms with E-state index in [1.807, 2.05) is 0 Å². The third kappa shape index (κ3) is 5.58. The average Bonchev–Trinajstić information content (AvgIpc) is 3.30. The predicted molar refractivity (Wildman–Crippen MR) is 90.0 cm³/mol. The van der Waals surface area contributed by atoms with Crippen LogP contribution >= 0.6 is 15.9 Å². The van der Waals surface area contributed by atoms with Crippen LogP contribution < -0.4 is 10.2 Å². The van der Waals surface area contributed by atoms with Crippen molar-refractivity contribution in [1.29, 1.82) is 0 Å². The lowest BCUT2D eigenvalue weighted by molar-refractivity contribution is 0.190. The van der Waals surface area contributed by atoms with Crippen LogP contribution in [0.2, 0.25) is 0 Å². The van der Waals surface area contributed by atoms with Crippen LogP contribution in [0.4, 0.5) is 5.69 Å². The van der Waals surface area contributed by atoms with Gasteiger partial charge in [0, 0.05) is 50.1 Å². The van der Waals surface area contributed by atoms with E-state index in [0.717, 1.165) is 24.1 Å². The maximum atomic E-state index is 5.24. The number of hydrogen-bond donors (Lipinski definition) is 1. The summed E-state index contributed by atoms with van der Waals surface area (Å²) in [5, 5.41) is 3.60. The van der Waals surface area contributed by atoms with Gasteiger partial charge in [0.2, 0.25) is 0 Å². The third-order valence-electron chi connectivity index (χ3n) is 3.68. The molecule has 21 heavy (non-hydrogen) atoms. The summed E-state index contributed by atoms with van der Waals surface area (Å²) in [5.74, 6) is 0. The lowest BCUT2D eigenvalue weighted by Gasteiger charge is -2.27. The van der Waals surface area contributed by atoms with Crippen LogP contribution in [-0.4, -0.2) is 46.6 Å². The first kappa shape index (κ1) is 16.7. The van der Waals surface area contributed by atoms with Crippen LogP contribution in [0.25, 0.3) is 0 Å². The molecule has 5 heteroatoms. The second-order valence-electron chi connectivity index (χ2n) is 5.40. The number of nitrogens with zero attached hydrogens (tertiary/aromatic N) is 1. The monoisotopic (exact) mass is 356 g/mol. The van der Waals surface area contributed by atoms with Crippen molar-refractivity contribution in [3.63, 3.8) is 0 Å². The molecule has 1 aliphatic rings. The molecule has 2 rings (SSSR count). The predicted octanol–water partition coefficient (Wildman–Crippen LogP) is 2.80. The summed E-state index contributed by atoms with van der Waals surface area (Å²) in [6.45, 7) is 4.08. The first-order chi connectivity index (χ1) is 10.2. The van der Waals surface area contributed by atoms with Crippen LogP contribution in [0, 0.1) is 0 Å². The summed E-state index contributed by atoms with van der Waals surface area (Å²) < 4.78 is 11.6. The highest BCUT2D eigenvalue weighted by Gasteiger charge is 2.21. The molecule has 1 aromatic rings. The molecule has 0 spiro atoms. The minimum atomic E-state index is 0.714. The van der Waals surface area contributed by atoms with Crippen LogP contribution in [0.5, 0.6) is 0 Å². The molecule has 0 aliphatic heterocycles. The summed E-state index contributed by atoms with van der Waals surface area (Å²) in [5.41, 5.74) is 2.59. The van der Waals surface area contributed by atoms with Gasteiger partial charge < -0.3 is 19.7 Å². The van der Waals surface area contributed by atoms with E-state index in [4.69, 9.17) is 9.47 Å². The maximum absolute atomic E-state index is 5.24. The number of methoxy groups -OCH3 is 2. The fourth-order valence-electron chi connectivity index (χ4n) is 2.28. The Morgan fingerprint density at radius 3 is 2.43 bits per heavy atom. The number of rotatable bonds is 10. The SMILES string of the molecule is COCCN(CCOC)c1cc(Br)ccc1CNC1CC1. The Morgan fingerprint density at radius 2 is 1.86 bits per heavy atom. The van der Waals surface area contributed by atoms with Gasteiger partial charge in [-0.25, -0.2) is 0 Å². The largest absolute Gasteiger partial charge is 0.383 e. The zero-order valence-corrected chi connectivity index (χ0v) is 14.5. The Kier molecular flexibility index (Phi) is 6.96. The van der Waals surface area contributed by atoms with E-state index in [0.29, 0.717) is 19.3 Å². The molecule has 0 amide bonds. The molecule has 0 unspecified atom stereocenters. The lowest BCUT2D eigenvalue weighted by Crippen LogP contribution is -2.32. The van der Waals surface area contributed by atoms with Gasteiger partial charge in [-0.3, -0.25) is 0 Å². The van der Waals surface area contributed by atoms with Gasteiger partial charge in [0.05, 0.1) is 13.2 Å². The molecular weight excluding hydrogens is 332 g/mol. The van der Waals surface area contributed by atoms with Crippen molar-refractivity contribution in [3.05, 3.63) is 28.2 Å². The van der Waals surface area contributed by atoms with Gasteiger partial charge in [0.25, 0.3) is 0 Å². The number of nitrogens with one attached hydrogen (secondary N) is 1. The lowest BCUT2D eigenvalue weighted by atomic mass is 10.1. The molecule has 0 saturated heterocycles. The normalized spacial score (nSPS) is 14.4. The zero-order chi connectivity index (χ0) is 15.1. The Balaban J connectivity index is 2.11. The zero-order valence-electron chi connectivity index (χ0n) is 12.9.